The minimum atomic E-state index is 0.725. The van der Waals surface area contributed by atoms with Gasteiger partial charge in [0.2, 0.25) is 0 Å². The first-order chi connectivity index (χ1) is 9.60. The van der Waals surface area contributed by atoms with Gasteiger partial charge < -0.3 is 15.1 Å². The molecule has 0 aromatic rings. The zero-order valence-electron chi connectivity index (χ0n) is 14.1. The Balaban J connectivity index is 1.71. The largest absolute Gasteiger partial charge is 0.314 e. The molecule has 3 unspecified atom stereocenters. The smallest absolute Gasteiger partial charge is 0.0117 e. The molecule has 3 nitrogen and oxygen atoms in total. The Morgan fingerprint density at radius 3 is 2.55 bits per heavy atom. The second kappa shape index (κ2) is 7.77. The molecule has 20 heavy (non-hydrogen) atoms. The van der Waals surface area contributed by atoms with Gasteiger partial charge in [0.15, 0.2) is 0 Å². The summed E-state index contributed by atoms with van der Waals surface area (Å²) in [5, 5.41) is 3.72. The monoisotopic (exact) mass is 281 g/mol. The van der Waals surface area contributed by atoms with Crippen LogP contribution in [0.5, 0.6) is 0 Å². The molecule has 3 atom stereocenters. The van der Waals surface area contributed by atoms with Crippen LogP contribution >= 0.6 is 0 Å². The van der Waals surface area contributed by atoms with Crippen molar-refractivity contribution in [1.29, 1.82) is 0 Å². The summed E-state index contributed by atoms with van der Waals surface area (Å²) in [6.07, 6.45) is 3.99. The molecule has 0 radical (unpaired) electrons. The van der Waals surface area contributed by atoms with E-state index < -0.39 is 0 Å². The Kier molecular flexibility index (Phi) is 6.31. The maximum atomic E-state index is 3.72. The maximum Gasteiger partial charge on any atom is 0.0117 e. The number of likely N-dealkylation sites (tertiary alicyclic amines) is 2. The zero-order chi connectivity index (χ0) is 14.5. The van der Waals surface area contributed by atoms with E-state index in [0.717, 1.165) is 23.9 Å². The predicted molar refractivity (Wildman–Crippen MR) is 87.1 cm³/mol. The predicted octanol–water partition coefficient (Wildman–Crippen LogP) is 2.43. The van der Waals surface area contributed by atoms with Crippen molar-refractivity contribution in [3.63, 3.8) is 0 Å². The molecule has 2 aliphatic heterocycles. The van der Waals surface area contributed by atoms with E-state index in [0.29, 0.717) is 0 Å². The van der Waals surface area contributed by atoms with Crippen LogP contribution in [0.1, 0.15) is 47.0 Å². The van der Waals surface area contributed by atoms with Crippen LogP contribution < -0.4 is 5.32 Å². The van der Waals surface area contributed by atoms with Crippen LogP contribution in [0.4, 0.5) is 0 Å². The van der Waals surface area contributed by atoms with E-state index in [1.54, 1.807) is 0 Å². The summed E-state index contributed by atoms with van der Waals surface area (Å²) in [7, 11) is 0. The Bertz CT molecular complexity index is 279. The van der Waals surface area contributed by atoms with Crippen LogP contribution in [0.3, 0.4) is 0 Å². The SMILES string of the molecule is CCCNC1CCN(CC2CCN(C(C)C)C2)CC1C. The van der Waals surface area contributed by atoms with Crippen molar-refractivity contribution in [2.75, 3.05) is 39.3 Å². The quantitative estimate of drug-likeness (QED) is 0.807. The normalized spacial score (nSPS) is 33.1. The molecule has 2 fully saturated rings. The van der Waals surface area contributed by atoms with Crippen LogP contribution in [0.15, 0.2) is 0 Å². The molecular weight excluding hydrogens is 246 g/mol. The van der Waals surface area contributed by atoms with Gasteiger partial charge in [-0.15, -0.1) is 0 Å². The van der Waals surface area contributed by atoms with Crippen molar-refractivity contribution in [3.05, 3.63) is 0 Å². The van der Waals surface area contributed by atoms with Crippen LogP contribution in [0, 0.1) is 11.8 Å². The van der Waals surface area contributed by atoms with E-state index in [1.165, 1.54) is 58.5 Å². The first-order valence-electron chi connectivity index (χ1n) is 8.80. The molecule has 0 saturated carbocycles. The minimum absolute atomic E-state index is 0.725. The molecular formula is C17H35N3. The Hall–Kier alpha value is -0.120. The van der Waals surface area contributed by atoms with Gasteiger partial charge in [0.25, 0.3) is 0 Å². The molecule has 2 saturated heterocycles. The molecule has 0 spiro atoms. The molecule has 0 bridgehead atoms. The number of piperidine rings is 1. The van der Waals surface area contributed by atoms with E-state index in [1.807, 2.05) is 0 Å². The van der Waals surface area contributed by atoms with Crippen LogP contribution in [0.2, 0.25) is 0 Å². The summed E-state index contributed by atoms with van der Waals surface area (Å²) >= 11 is 0. The second-order valence-corrected chi connectivity index (χ2v) is 7.33. The Morgan fingerprint density at radius 1 is 1.15 bits per heavy atom. The maximum absolute atomic E-state index is 3.72. The van der Waals surface area contributed by atoms with Gasteiger partial charge in [-0.05, 0) is 64.6 Å². The molecule has 1 N–H and O–H groups in total. The van der Waals surface area contributed by atoms with Gasteiger partial charge in [0.1, 0.15) is 0 Å². The fraction of sp³-hybridized carbons (Fsp3) is 1.00. The van der Waals surface area contributed by atoms with Crippen molar-refractivity contribution >= 4 is 0 Å². The number of hydrogen-bond donors (Lipinski definition) is 1. The van der Waals surface area contributed by atoms with Gasteiger partial charge in [-0.1, -0.05) is 13.8 Å². The fourth-order valence-electron chi connectivity index (χ4n) is 3.88. The van der Waals surface area contributed by atoms with E-state index in [4.69, 9.17) is 0 Å². The molecule has 0 aromatic carbocycles. The zero-order valence-corrected chi connectivity index (χ0v) is 14.1. The molecule has 0 aliphatic carbocycles. The number of hydrogen-bond acceptors (Lipinski definition) is 3. The summed E-state index contributed by atoms with van der Waals surface area (Å²) in [5.74, 6) is 1.71. The Morgan fingerprint density at radius 2 is 1.95 bits per heavy atom. The van der Waals surface area contributed by atoms with Gasteiger partial charge >= 0.3 is 0 Å². The summed E-state index contributed by atoms with van der Waals surface area (Å²) < 4.78 is 0. The van der Waals surface area contributed by atoms with Gasteiger partial charge in [0.05, 0.1) is 0 Å². The first-order valence-corrected chi connectivity index (χ1v) is 8.80. The van der Waals surface area contributed by atoms with Crippen LogP contribution in [0.25, 0.3) is 0 Å². The van der Waals surface area contributed by atoms with Gasteiger partial charge in [0, 0.05) is 31.7 Å². The lowest BCUT2D eigenvalue weighted by atomic mass is 9.93. The van der Waals surface area contributed by atoms with E-state index >= 15 is 0 Å². The second-order valence-electron chi connectivity index (χ2n) is 7.33. The first kappa shape index (κ1) is 16.3. The molecule has 3 heteroatoms. The average Bonchev–Trinajstić information content (AvgIpc) is 2.86. The lowest BCUT2D eigenvalue weighted by Crippen LogP contribution is -2.49. The molecule has 2 rings (SSSR count). The van der Waals surface area contributed by atoms with Gasteiger partial charge in [-0.3, -0.25) is 0 Å². The highest BCUT2D eigenvalue weighted by atomic mass is 15.2. The molecule has 0 amide bonds. The lowest BCUT2D eigenvalue weighted by Gasteiger charge is -2.38. The summed E-state index contributed by atoms with van der Waals surface area (Å²) in [4.78, 5) is 5.37. The summed E-state index contributed by atoms with van der Waals surface area (Å²) in [6, 6.07) is 1.48. The van der Waals surface area contributed by atoms with Crippen molar-refractivity contribution < 1.29 is 0 Å². The molecule has 2 heterocycles. The van der Waals surface area contributed by atoms with Crippen molar-refractivity contribution in [2.45, 2.75) is 59.0 Å². The standard InChI is InChI=1S/C17H35N3/c1-5-8-18-17-7-9-19(11-15(17)4)12-16-6-10-20(13-16)14(2)3/h14-18H,5-13H2,1-4H3. The third kappa shape index (κ3) is 4.44. The van der Waals surface area contributed by atoms with Crippen molar-refractivity contribution in [2.24, 2.45) is 11.8 Å². The number of nitrogens with one attached hydrogen (secondary N) is 1. The molecule has 0 aromatic heterocycles. The van der Waals surface area contributed by atoms with Crippen LogP contribution in [-0.2, 0) is 0 Å². The third-order valence-corrected chi connectivity index (χ3v) is 5.21. The lowest BCUT2D eigenvalue weighted by molar-refractivity contribution is 0.128. The highest BCUT2D eigenvalue weighted by Crippen LogP contribution is 2.23. The van der Waals surface area contributed by atoms with E-state index in [-0.39, 0.29) is 0 Å². The third-order valence-electron chi connectivity index (χ3n) is 5.21. The van der Waals surface area contributed by atoms with Crippen molar-refractivity contribution in [3.8, 4) is 0 Å². The fourth-order valence-corrected chi connectivity index (χ4v) is 3.88. The number of rotatable bonds is 6. The average molecular weight is 281 g/mol. The van der Waals surface area contributed by atoms with Gasteiger partial charge in [-0.25, -0.2) is 0 Å². The highest BCUT2D eigenvalue weighted by molar-refractivity contribution is 4.86. The summed E-state index contributed by atoms with van der Waals surface area (Å²) in [6.45, 7) is 17.1. The summed E-state index contributed by atoms with van der Waals surface area (Å²) in [5.41, 5.74) is 0. The van der Waals surface area contributed by atoms with Crippen molar-refractivity contribution in [1.82, 2.24) is 15.1 Å². The molecule has 118 valence electrons. The van der Waals surface area contributed by atoms with E-state index in [9.17, 15) is 0 Å². The molecule has 2 aliphatic rings. The van der Waals surface area contributed by atoms with Crippen LogP contribution in [-0.4, -0.2) is 61.2 Å². The van der Waals surface area contributed by atoms with E-state index in [2.05, 4.69) is 42.8 Å². The van der Waals surface area contributed by atoms with Gasteiger partial charge in [-0.2, -0.15) is 0 Å². The topological polar surface area (TPSA) is 18.5 Å². The highest BCUT2D eigenvalue weighted by Gasteiger charge is 2.30. The minimum Gasteiger partial charge on any atom is -0.314 e. The number of nitrogens with zero attached hydrogens (tertiary/aromatic N) is 2. The Labute approximate surface area is 126 Å².